The summed E-state index contributed by atoms with van der Waals surface area (Å²) in [7, 11) is 1.34. The number of halogens is 5. The maximum atomic E-state index is 13.5. The largest absolute Gasteiger partial charge is 0.490 e. The topological polar surface area (TPSA) is 65.4 Å². The third-order valence-corrected chi connectivity index (χ3v) is 5.41. The Hall–Kier alpha value is -2.33. The summed E-state index contributed by atoms with van der Waals surface area (Å²) in [4.78, 5) is 11.3. The molecular weight excluding hydrogens is 442 g/mol. The van der Waals surface area contributed by atoms with E-state index in [0.29, 0.717) is 23.0 Å². The van der Waals surface area contributed by atoms with Gasteiger partial charge in [0.1, 0.15) is 18.1 Å². The van der Waals surface area contributed by atoms with Gasteiger partial charge in [0, 0.05) is 23.2 Å². The van der Waals surface area contributed by atoms with Gasteiger partial charge < -0.3 is 9.47 Å². The minimum absolute atomic E-state index is 0.0541. The van der Waals surface area contributed by atoms with Gasteiger partial charge in [-0.25, -0.2) is 13.9 Å². The summed E-state index contributed by atoms with van der Waals surface area (Å²) in [6.45, 7) is 0.425. The third kappa shape index (κ3) is 6.10. The van der Waals surface area contributed by atoms with Crippen molar-refractivity contribution < 1.29 is 31.8 Å². The predicted octanol–water partition coefficient (Wildman–Crippen LogP) is 4.77. The van der Waals surface area contributed by atoms with E-state index in [0.717, 1.165) is 25.7 Å². The number of hydrogen-bond acceptors (Lipinski definition) is 5. The molecule has 170 valence electrons. The molecule has 1 unspecified atom stereocenters. The molecule has 11 heteroatoms. The third-order valence-electron chi connectivity index (χ3n) is 5.04. The molecule has 2 aromatic rings. The highest BCUT2D eigenvalue weighted by molar-refractivity contribution is 6.31. The number of nitrogens with one attached hydrogen (secondary N) is 1. The average Bonchev–Trinajstić information content (AvgIpc) is 3.36. The van der Waals surface area contributed by atoms with Crippen molar-refractivity contribution in [3.8, 4) is 5.88 Å². The fourth-order valence-corrected chi connectivity index (χ4v) is 3.65. The molecule has 0 radical (unpaired) electrons. The number of alkyl halides is 3. The van der Waals surface area contributed by atoms with Crippen LogP contribution >= 0.6 is 11.6 Å². The molecule has 6 nitrogen and oxygen atoms in total. The second-order valence-corrected chi connectivity index (χ2v) is 7.74. The van der Waals surface area contributed by atoms with Crippen molar-refractivity contribution in [2.45, 2.75) is 51.2 Å². The van der Waals surface area contributed by atoms with Crippen molar-refractivity contribution in [1.82, 2.24) is 15.1 Å². The first kappa shape index (κ1) is 23.3. The SMILES string of the molecule is CNC(OC(=O)C(F)(F)F)c1cc(OCc2cc(F)ccc2Cl)n(CC2CCCC2)n1. The normalized spacial score (nSPS) is 15.8. The lowest BCUT2D eigenvalue weighted by atomic mass is 10.1. The molecule has 3 rings (SSSR count). The standard InChI is InChI=1S/C20H22ClF4N3O3/c1-26-18(31-19(29)20(23,24)25)16-9-17(28(27-16)10-12-4-2-3-5-12)30-11-13-8-14(22)6-7-15(13)21/h6-9,12,18,26H,2-5,10-11H2,1H3. The van der Waals surface area contributed by atoms with E-state index in [9.17, 15) is 22.4 Å². The van der Waals surface area contributed by atoms with E-state index in [-0.39, 0.29) is 18.2 Å². The van der Waals surface area contributed by atoms with Gasteiger partial charge in [-0.1, -0.05) is 24.4 Å². The Balaban J connectivity index is 1.82. The van der Waals surface area contributed by atoms with Crippen LogP contribution in [0.2, 0.25) is 5.02 Å². The molecule has 1 fully saturated rings. The van der Waals surface area contributed by atoms with Crippen LogP contribution in [0.5, 0.6) is 5.88 Å². The summed E-state index contributed by atoms with van der Waals surface area (Å²) >= 11 is 6.07. The van der Waals surface area contributed by atoms with E-state index in [4.69, 9.17) is 16.3 Å². The Kier molecular flexibility index (Phi) is 7.42. The molecule has 1 atom stereocenters. The molecule has 31 heavy (non-hydrogen) atoms. The summed E-state index contributed by atoms with van der Waals surface area (Å²) in [6, 6.07) is 5.26. The van der Waals surface area contributed by atoms with Gasteiger partial charge in [-0.15, -0.1) is 0 Å². The lowest BCUT2D eigenvalue weighted by molar-refractivity contribution is -0.206. The van der Waals surface area contributed by atoms with Crippen molar-refractivity contribution in [1.29, 1.82) is 0 Å². The zero-order valence-corrected chi connectivity index (χ0v) is 17.5. The Morgan fingerprint density at radius 2 is 2.03 bits per heavy atom. The van der Waals surface area contributed by atoms with Crippen molar-refractivity contribution >= 4 is 17.6 Å². The first-order chi connectivity index (χ1) is 14.7. The van der Waals surface area contributed by atoms with Crippen LogP contribution in [0.1, 0.15) is 43.2 Å². The molecule has 1 aliphatic rings. The van der Waals surface area contributed by atoms with Gasteiger partial charge in [-0.3, -0.25) is 5.32 Å². The highest BCUT2D eigenvalue weighted by Gasteiger charge is 2.42. The van der Waals surface area contributed by atoms with Gasteiger partial charge in [0.05, 0.1) is 0 Å². The lowest BCUT2D eigenvalue weighted by Crippen LogP contribution is -2.31. The smallest absolute Gasteiger partial charge is 0.473 e. The zero-order chi connectivity index (χ0) is 22.6. The molecular formula is C20H22ClF4N3O3. The van der Waals surface area contributed by atoms with Crippen molar-refractivity contribution in [2.75, 3.05) is 7.05 Å². The maximum absolute atomic E-state index is 13.5. The number of rotatable bonds is 8. The number of carbonyl (C=O) groups excluding carboxylic acids is 1. The van der Waals surface area contributed by atoms with Crippen LogP contribution < -0.4 is 10.1 Å². The van der Waals surface area contributed by atoms with E-state index in [2.05, 4.69) is 15.2 Å². The van der Waals surface area contributed by atoms with Crippen LogP contribution in [-0.4, -0.2) is 29.0 Å². The summed E-state index contributed by atoms with van der Waals surface area (Å²) in [5, 5.41) is 7.13. The maximum Gasteiger partial charge on any atom is 0.490 e. The van der Waals surface area contributed by atoms with Crippen LogP contribution in [0.4, 0.5) is 17.6 Å². The number of esters is 1. The molecule has 0 bridgehead atoms. The Morgan fingerprint density at radius 3 is 2.68 bits per heavy atom. The molecule has 0 spiro atoms. The molecule has 1 heterocycles. The van der Waals surface area contributed by atoms with E-state index in [1.165, 1.54) is 36.0 Å². The highest BCUT2D eigenvalue weighted by atomic mass is 35.5. The Bertz CT molecular complexity index is 914. The first-order valence-corrected chi connectivity index (χ1v) is 10.1. The van der Waals surface area contributed by atoms with Crippen molar-refractivity contribution in [3.63, 3.8) is 0 Å². The quantitative estimate of drug-likeness (QED) is 0.347. The van der Waals surface area contributed by atoms with Gasteiger partial charge in [-0.05, 0) is 44.0 Å². The number of benzene rings is 1. The number of nitrogens with zero attached hydrogens (tertiary/aromatic N) is 2. The van der Waals surface area contributed by atoms with Gasteiger partial charge >= 0.3 is 12.1 Å². The molecule has 1 N–H and O–H groups in total. The second kappa shape index (κ2) is 9.86. The van der Waals surface area contributed by atoms with Crippen LogP contribution in [0, 0.1) is 11.7 Å². The van der Waals surface area contributed by atoms with Crippen LogP contribution in [0.15, 0.2) is 24.3 Å². The molecule has 0 aliphatic heterocycles. The first-order valence-electron chi connectivity index (χ1n) is 9.77. The van der Waals surface area contributed by atoms with Gasteiger partial charge in [0.2, 0.25) is 5.88 Å². The summed E-state index contributed by atoms with van der Waals surface area (Å²) in [6.07, 6.45) is -2.35. The summed E-state index contributed by atoms with van der Waals surface area (Å²) in [5.74, 6) is -2.20. The summed E-state index contributed by atoms with van der Waals surface area (Å²) in [5.41, 5.74) is 0.462. The molecule has 1 aromatic heterocycles. The van der Waals surface area contributed by atoms with E-state index in [1.807, 2.05) is 0 Å². The zero-order valence-electron chi connectivity index (χ0n) is 16.7. The fraction of sp³-hybridized carbons (Fsp3) is 0.500. The Labute approximate surface area is 181 Å². The molecule has 0 saturated heterocycles. The highest BCUT2D eigenvalue weighted by Crippen LogP contribution is 2.30. The molecule has 0 amide bonds. The van der Waals surface area contributed by atoms with E-state index < -0.39 is 24.2 Å². The lowest BCUT2D eigenvalue weighted by Gasteiger charge is -2.16. The van der Waals surface area contributed by atoms with Crippen LogP contribution in [0.25, 0.3) is 0 Å². The van der Waals surface area contributed by atoms with Gasteiger partial charge in [0.15, 0.2) is 6.23 Å². The van der Waals surface area contributed by atoms with Crippen LogP contribution in [0.3, 0.4) is 0 Å². The van der Waals surface area contributed by atoms with E-state index in [1.54, 1.807) is 0 Å². The van der Waals surface area contributed by atoms with E-state index >= 15 is 0 Å². The number of hydrogen-bond donors (Lipinski definition) is 1. The van der Waals surface area contributed by atoms with Gasteiger partial charge in [0.25, 0.3) is 0 Å². The minimum atomic E-state index is -5.13. The van der Waals surface area contributed by atoms with Crippen LogP contribution in [-0.2, 0) is 22.7 Å². The molecule has 1 saturated carbocycles. The average molecular weight is 464 g/mol. The van der Waals surface area contributed by atoms with Crippen molar-refractivity contribution in [2.24, 2.45) is 5.92 Å². The monoisotopic (exact) mass is 463 g/mol. The number of ether oxygens (including phenoxy) is 2. The van der Waals surface area contributed by atoms with Crippen molar-refractivity contribution in [3.05, 3.63) is 46.4 Å². The molecule has 1 aromatic carbocycles. The molecule has 1 aliphatic carbocycles. The number of carbonyl (C=O) groups is 1. The summed E-state index contributed by atoms with van der Waals surface area (Å²) < 4.78 is 63.1. The second-order valence-electron chi connectivity index (χ2n) is 7.34. The minimum Gasteiger partial charge on any atom is -0.473 e. The van der Waals surface area contributed by atoms with Gasteiger partial charge in [-0.2, -0.15) is 18.3 Å². The Morgan fingerprint density at radius 1 is 1.32 bits per heavy atom. The number of aromatic nitrogens is 2. The fourth-order valence-electron chi connectivity index (χ4n) is 3.48. The predicted molar refractivity (Wildman–Crippen MR) is 104 cm³/mol.